The summed E-state index contributed by atoms with van der Waals surface area (Å²) >= 11 is 0. The highest BCUT2D eigenvalue weighted by atomic mass is 32.2. The number of hydrogen-bond acceptors (Lipinski definition) is 7. The van der Waals surface area contributed by atoms with Crippen molar-refractivity contribution in [2.24, 2.45) is 0 Å². The van der Waals surface area contributed by atoms with Crippen molar-refractivity contribution in [2.75, 3.05) is 11.6 Å². The molecule has 3 heterocycles. The molecule has 0 spiro atoms. The van der Waals surface area contributed by atoms with Crippen LogP contribution in [0.15, 0.2) is 90.2 Å². The van der Waals surface area contributed by atoms with Gasteiger partial charge in [0.1, 0.15) is 5.82 Å². The number of rotatable bonds is 6. The quantitative estimate of drug-likeness (QED) is 0.294. The summed E-state index contributed by atoms with van der Waals surface area (Å²) < 4.78 is 63.5. The Hall–Kier alpha value is -4.38. The van der Waals surface area contributed by atoms with Gasteiger partial charge in [-0.05, 0) is 47.5 Å². The first-order chi connectivity index (χ1) is 18.1. The van der Waals surface area contributed by atoms with Crippen molar-refractivity contribution in [1.29, 1.82) is 0 Å². The lowest BCUT2D eigenvalue weighted by Gasteiger charge is -2.15. The van der Waals surface area contributed by atoms with Crippen LogP contribution in [0.3, 0.4) is 0 Å². The van der Waals surface area contributed by atoms with Gasteiger partial charge in [-0.2, -0.15) is 13.2 Å². The number of pyridine rings is 2. The van der Waals surface area contributed by atoms with Crippen LogP contribution in [0.5, 0.6) is 0 Å². The van der Waals surface area contributed by atoms with E-state index in [4.69, 9.17) is 0 Å². The molecule has 0 radical (unpaired) electrons. The Bertz CT molecular complexity index is 1730. The van der Waals surface area contributed by atoms with Crippen LogP contribution in [-0.4, -0.2) is 34.6 Å². The molecule has 192 valence electrons. The zero-order valence-corrected chi connectivity index (χ0v) is 20.8. The SMILES string of the molecule is CS(=O)(=O)c1cncc(-c2nc(NCc3ccccn3)c3c(-c4ccc(C(F)(F)F)cc4)cccc3n2)c1. The molecule has 0 saturated heterocycles. The minimum atomic E-state index is -4.45. The first-order valence-electron chi connectivity index (χ1n) is 11.4. The monoisotopic (exact) mass is 535 g/mol. The van der Waals surface area contributed by atoms with Crippen LogP contribution in [0.1, 0.15) is 11.3 Å². The Morgan fingerprint density at radius 3 is 2.37 bits per heavy atom. The number of alkyl halides is 3. The van der Waals surface area contributed by atoms with E-state index < -0.39 is 21.6 Å². The highest BCUT2D eigenvalue weighted by Gasteiger charge is 2.30. The second-order valence-electron chi connectivity index (χ2n) is 8.53. The molecule has 0 saturated carbocycles. The van der Waals surface area contributed by atoms with Crippen LogP contribution in [0.4, 0.5) is 19.0 Å². The van der Waals surface area contributed by atoms with Gasteiger partial charge in [0.05, 0.1) is 33.6 Å². The molecular formula is C27H20F3N5O2S. The lowest BCUT2D eigenvalue weighted by Crippen LogP contribution is -2.07. The van der Waals surface area contributed by atoms with Crippen LogP contribution in [0.2, 0.25) is 0 Å². The minimum absolute atomic E-state index is 0.0280. The molecule has 0 unspecified atom stereocenters. The standard InChI is InChI=1S/C27H20F3N5O2S/c1-38(36,37)21-13-18(14-31-16-21)25-34-23-7-4-6-22(17-8-10-19(11-9-17)27(28,29)30)24(23)26(35-25)33-15-20-5-2-3-12-32-20/h2-14,16H,15H2,1H3,(H,33,34,35). The third-order valence-electron chi connectivity index (χ3n) is 5.81. The number of nitrogens with zero attached hydrogens (tertiary/aromatic N) is 4. The Morgan fingerprint density at radius 2 is 1.68 bits per heavy atom. The maximum Gasteiger partial charge on any atom is 0.416 e. The molecule has 38 heavy (non-hydrogen) atoms. The van der Waals surface area contributed by atoms with Crippen LogP contribution < -0.4 is 5.32 Å². The zero-order valence-electron chi connectivity index (χ0n) is 19.9. The molecule has 0 amide bonds. The summed E-state index contributed by atoms with van der Waals surface area (Å²) in [5.74, 6) is 0.652. The Kier molecular flexibility index (Phi) is 6.53. The molecular weight excluding hydrogens is 515 g/mol. The molecule has 0 atom stereocenters. The van der Waals surface area contributed by atoms with E-state index in [-0.39, 0.29) is 10.7 Å². The molecule has 0 aliphatic rings. The van der Waals surface area contributed by atoms with Crippen molar-refractivity contribution < 1.29 is 21.6 Å². The van der Waals surface area contributed by atoms with E-state index in [1.807, 2.05) is 12.1 Å². The van der Waals surface area contributed by atoms with E-state index >= 15 is 0 Å². The topological polar surface area (TPSA) is 97.7 Å². The number of aromatic nitrogens is 4. The lowest BCUT2D eigenvalue weighted by atomic mass is 9.99. The van der Waals surface area contributed by atoms with Gasteiger partial charge in [0.2, 0.25) is 0 Å². The molecule has 5 rings (SSSR count). The lowest BCUT2D eigenvalue weighted by molar-refractivity contribution is -0.137. The molecule has 0 aliphatic heterocycles. The highest BCUT2D eigenvalue weighted by Crippen LogP contribution is 2.36. The number of fused-ring (bicyclic) bond motifs is 1. The van der Waals surface area contributed by atoms with E-state index in [9.17, 15) is 21.6 Å². The van der Waals surface area contributed by atoms with Gasteiger partial charge in [-0.1, -0.05) is 30.3 Å². The van der Waals surface area contributed by atoms with Crippen molar-refractivity contribution in [2.45, 2.75) is 17.6 Å². The minimum Gasteiger partial charge on any atom is -0.364 e. The molecule has 0 bridgehead atoms. The van der Waals surface area contributed by atoms with Gasteiger partial charge < -0.3 is 5.32 Å². The van der Waals surface area contributed by atoms with Crippen LogP contribution in [0, 0.1) is 0 Å². The third kappa shape index (κ3) is 5.32. The summed E-state index contributed by atoms with van der Waals surface area (Å²) in [6, 6.07) is 17.1. The summed E-state index contributed by atoms with van der Waals surface area (Å²) in [6.45, 7) is 0.315. The van der Waals surface area contributed by atoms with Crippen LogP contribution >= 0.6 is 0 Å². The summed E-state index contributed by atoms with van der Waals surface area (Å²) in [5.41, 5.74) is 2.10. The average molecular weight is 536 g/mol. The number of benzene rings is 2. The van der Waals surface area contributed by atoms with Gasteiger partial charge >= 0.3 is 6.18 Å². The van der Waals surface area contributed by atoms with Crippen molar-refractivity contribution in [3.05, 3.63) is 96.6 Å². The second-order valence-corrected chi connectivity index (χ2v) is 10.5. The zero-order chi connectivity index (χ0) is 26.9. The first kappa shape index (κ1) is 25.3. The van der Waals surface area contributed by atoms with Gasteiger partial charge in [0.25, 0.3) is 0 Å². The normalized spacial score (nSPS) is 12.0. The van der Waals surface area contributed by atoms with Crippen LogP contribution in [0.25, 0.3) is 33.4 Å². The first-order valence-corrected chi connectivity index (χ1v) is 13.3. The smallest absolute Gasteiger partial charge is 0.364 e. The van der Waals surface area contributed by atoms with Crippen molar-refractivity contribution >= 4 is 26.6 Å². The fourth-order valence-corrected chi connectivity index (χ4v) is 4.53. The van der Waals surface area contributed by atoms with Crippen LogP contribution in [-0.2, 0) is 22.6 Å². The Labute approximate surface area is 216 Å². The summed E-state index contributed by atoms with van der Waals surface area (Å²) in [5, 5.41) is 3.87. The van der Waals surface area contributed by atoms with E-state index in [1.165, 1.54) is 30.6 Å². The summed E-state index contributed by atoms with van der Waals surface area (Å²) in [7, 11) is -3.51. The van der Waals surface area contributed by atoms with Crippen molar-refractivity contribution in [1.82, 2.24) is 19.9 Å². The van der Waals surface area contributed by atoms with Crippen molar-refractivity contribution in [3.63, 3.8) is 0 Å². The predicted octanol–water partition coefficient (Wildman–Crippen LogP) is 5.79. The van der Waals surface area contributed by atoms with Gasteiger partial charge in [-0.15, -0.1) is 0 Å². The molecule has 3 aromatic heterocycles. The van der Waals surface area contributed by atoms with E-state index in [0.29, 0.717) is 40.0 Å². The number of nitrogens with one attached hydrogen (secondary N) is 1. The number of halogens is 3. The summed E-state index contributed by atoms with van der Waals surface area (Å²) in [4.78, 5) is 17.7. The molecule has 7 nitrogen and oxygen atoms in total. The van der Waals surface area contributed by atoms with E-state index in [2.05, 4.69) is 25.3 Å². The molecule has 11 heteroatoms. The molecule has 2 aromatic carbocycles. The highest BCUT2D eigenvalue weighted by molar-refractivity contribution is 7.90. The average Bonchev–Trinajstić information content (AvgIpc) is 2.91. The van der Waals surface area contributed by atoms with Gasteiger partial charge in [0.15, 0.2) is 15.7 Å². The summed E-state index contributed by atoms with van der Waals surface area (Å²) in [6.07, 6.45) is 1.03. The molecule has 1 N–H and O–H groups in total. The maximum absolute atomic E-state index is 13.1. The van der Waals surface area contributed by atoms with Gasteiger partial charge in [-0.3, -0.25) is 9.97 Å². The fraction of sp³-hybridized carbons (Fsp3) is 0.111. The fourth-order valence-electron chi connectivity index (χ4n) is 3.94. The van der Waals surface area contributed by atoms with Gasteiger partial charge in [-0.25, -0.2) is 18.4 Å². The number of anilines is 1. The van der Waals surface area contributed by atoms with Crippen molar-refractivity contribution in [3.8, 4) is 22.5 Å². The number of sulfone groups is 1. The Balaban J connectivity index is 1.67. The second kappa shape index (κ2) is 9.82. The molecule has 0 aliphatic carbocycles. The molecule has 0 fully saturated rings. The number of hydrogen-bond donors (Lipinski definition) is 1. The predicted molar refractivity (Wildman–Crippen MR) is 138 cm³/mol. The molecule has 5 aromatic rings. The Morgan fingerprint density at radius 1 is 0.895 bits per heavy atom. The third-order valence-corrected chi connectivity index (χ3v) is 6.89. The van der Waals surface area contributed by atoms with E-state index in [0.717, 1.165) is 24.1 Å². The van der Waals surface area contributed by atoms with E-state index in [1.54, 1.807) is 30.5 Å². The maximum atomic E-state index is 13.1. The van der Waals surface area contributed by atoms with Gasteiger partial charge in [0, 0.05) is 30.4 Å². The largest absolute Gasteiger partial charge is 0.416 e.